The number of carbonyl (C=O) groups is 2. The lowest BCUT2D eigenvalue weighted by molar-refractivity contribution is 0.136. The molecule has 19 heavy (non-hydrogen) atoms. The molecular formula is C13H26N2O4. The molecule has 0 aliphatic heterocycles. The van der Waals surface area contributed by atoms with E-state index in [1.54, 1.807) is 0 Å². The van der Waals surface area contributed by atoms with E-state index in [0.717, 1.165) is 38.5 Å². The Balaban J connectivity index is 3.35. The molecule has 0 aliphatic rings. The standard InChI is InChI=1S/C13H26N2O4/c1-3-5-7-9-18-12(16)14-11-15-13(17)19-10-8-6-4-2/h3-11H2,1-2H3,(H,14,16)(H,15,17). The first-order valence-corrected chi connectivity index (χ1v) is 7.02. The molecule has 0 aromatic rings. The summed E-state index contributed by atoms with van der Waals surface area (Å²) in [7, 11) is 0. The van der Waals surface area contributed by atoms with E-state index in [9.17, 15) is 9.59 Å². The highest BCUT2D eigenvalue weighted by Crippen LogP contribution is 1.94. The average Bonchev–Trinajstić information content (AvgIpc) is 2.40. The Hall–Kier alpha value is -1.46. The van der Waals surface area contributed by atoms with Crippen molar-refractivity contribution in [3.63, 3.8) is 0 Å². The maximum Gasteiger partial charge on any atom is 0.408 e. The van der Waals surface area contributed by atoms with E-state index >= 15 is 0 Å². The van der Waals surface area contributed by atoms with Crippen LogP contribution in [0.1, 0.15) is 52.4 Å². The number of amides is 2. The van der Waals surface area contributed by atoms with E-state index in [1.165, 1.54) is 0 Å². The number of nitrogens with one attached hydrogen (secondary N) is 2. The van der Waals surface area contributed by atoms with Gasteiger partial charge in [0.2, 0.25) is 0 Å². The van der Waals surface area contributed by atoms with Gasteiger partial charge in [-0.15, -0.1) is 0 Å². The van der Waals surface area contributed by atoms with Crippen LogP contribution in [0.15, 0.2) is 0 Å². The molecular weight excluding hydrogens is 248 g/mol. The van der Waals surface area contributed by atoms with Crippen molar-refractivity contribution in [2.24, 2.45) is 0 Å². The second-order valence-corrected chi connectivity index (χ2v) is 4.22. The molecule has 0 fully saturated rings. The molecule has 0 heterocycles. The van der Waals surface area contributed by atoms with Crippen molar-refractivity contribution in [3.05, 3.63) is 0 Å². The van der Waals surface area contributed by atoms with E-state index in [0.29, 0.717) is 13.2 Å². The summed E-state index contributed by atoms with van der Waals surface area (Å²) in [5, 5.41) is 4.84. The molecule has 0 saturated heterocycles. The fourth-order valence-electron chi connectivity index (χ4n) is 1.32. The number of alkyl carbamates (subject to hydrolysis) is 2. The van der Waals surface area contributed by atoms with Gasteiger partial charge >= 0.3 is 12.2 Å². The quantitative estimate of drug-likeness (QED) is 0.474. The highest BCUT2D eigenvalue weighted by molar-refractivity contribution is 5.69. The topological polar surface area (TPSA) is 76.7 Å². The first-order chi connectivity index (χ1) is 9.20. The molecule has 6 nitrogen and oxygen atoms in total. The van der Waals surface area contributed by atoms with Gasteiger partial charge in [0, 0.05) is 0 Å². The maximum atomic E-state index is 11.2. The van der Waals surface area contributed by atoms with Crippen molar-refractivity contribution in [3.8, 4) is 0 Å². The molecule has 2 N–H and O–H groups in total. The SMILES string of the molecule is CCCCCOC(=O)NCNC(=O)OCCCCC. The van der Waals surface area contributed by atoms with Crippen LogP contribution in [0, 0.1) is 0 Å². The first-order valence-electron chi connectivity index (χ1n) is 7.02. The third kappa shape index (κ3) is 12.8. The third-order valence-corrected chi connectivity index (χ3v) is 2.43. The highest BCUT2D eigenvalue weighted by atomic mass is 16.6. The second-order valence-electron chi connectivity index (χ2n) is 4.22. The lowest BCUT2D eigenvalue weighted by Crippen LogP contribution is -2.38. The molecule has 0 spiro atoms. The third-order valence-electron chi connectivity index (χ3n) is 2.43. The number of ether oxygens (including phenoxy) is 2. The zero-order valence-corrected chi connectivity index (χ0v) is 12.0. The Morgan fingerprint density at radius 3 is 1.58 bits per heavy atom. The van der Waals surface area contributed by atoms with Crippen LogP contribution in [0.2, 0.25) is 0 Å². The first kappa shape index (κ1) is 17.5. The summed E-state index contributed by atoms with van der Waals surface area (Å²) in [4.78, 5) is 22.3. The van der Waals surface area contributed by atoms with Crippen molar-refractivity contribution in [1.82, 2.24) is 10.6 Å². The molecule has 0 aromatic carbocycles. The fourth-order valence-corrected chi connectivity index (χ4v) is 1.32. The van der Waals surface area contributed by atoms with E-state index in [-0.39, 0.29) is 6.67 Å². The molecule has 0 saturated carbocycles. The maximum absolute atomic E-state index is 11.2. The predicted octanol–water partition coefficient (Wildman–Crippen LogP) is 2.78. The molecule has 0 bridgehead atoms. The second kappa shape index (κ2) is 13.0. The lowest BCUT2D eigenvalue weighted by Gasteiger charge is -2.08. The van der Waals surface area contributed by atoms with Gasteiger partial charge in [-0.3, -0.25) is 0 Å². The van der Waals surface area contributed by atoms with E-state index in [2.05, 4.69) is 24.5 Å². The van der Waals surface area contributed by atoms with Gasteiger partial charge in [-0.25, -0.2) is 9.59 Å². The lowest BCUT2D eigenvalue weighted by atomic mass is 10.3. The number of unbranched alkanes of at least 4 members (excludes halogenated alkanes) is 4. The van der Waals surface area contributed by atoms with Gasteiger partial charge in [0.25, 0.3) is 0 Å². The van der Waals surface area contributed by atoms with Gasteiger partial charge in [-0.05, 0) is 12.8 Å². The normalized spacial score (nSPS) is 9.79. The van der Waals surface area contributed by atoms with Crippen LogP contribution in [-0.4, -0.2) is 32.1 Å². The van der Waals surface area contributed by atoms with Gasteiger partial charge in [0.15, 0.2) is 0 Å². The van der Waals surface area contributed by atoms with E-state index in [4.69, 9.17) is 9.47 Å². The van der Waals surface area contributed by atoms with Crippen LogP contribution in [-0.2, 0) is 9.47 Å². The molecule has 0 rings (SSSR count). The number of rotatable bonds is 10. The van der Waals surface area contributed by atoms with Gasteiger partial charge < -0.3 is 20.1 Å². The van der Waals surface area contributed by atoms with E-state index in [1.807, 2.05) is 0 Å². The van der Waals surface area contributed by atoms with Crippen LogP contribution in [0.25, 0.3) is 0 Å². The minimum Gasteiger partial charge on any atom is -0.450 e. The number of hydrogen-bond donors (Lipinski definition) is 2. The molecule has 6 heteroatoms. The smallest absolute Gasteiger partial charge is 0.408 e. The Bertz CT molecular complexity index is 223. The largest absolute Gasteiger partial charge is 0.450 e. The summed E-state index contributed by atoms with van der Waals surface area (Å²) in [6, 6.07) is 0. The van der Waals surface area contributed by atoms with Gasteiger partial charge in [-0.1, -0.05) is 39.5 Å². The Morgan fingerprint density at radius 1 is 0.789 bits per heavy atom. The van der Waals surface area contributed by atoms with Gasteiger partial charge in [0.1, 0.15) is 0 Å². The van der Waals surface area contributed by atoms with Crippen molar-refractivity contribution in [2.45, 2.75) is 52.4 Å². The molecule has 2 amide bonds. The van der Waals surface area contributed by atoms with Crippen LogP contribution in [0.5, 0.6) is 0 Å². The molecule has 0 aliphatic carbocycles. The van der Waals surface area contributed by atoms with Crippen LogP contribution < -0.4 is 10.6 Å². The Morgan fingerprint density at radius 2 is 1.21 bits per heavy atom. The minimum absolute atomic E-state index is 0.0131. The van der Waals surface area contributed by atoms with Gasteiger partial charge in [0.05, 0.1) is 19.9 Å². The van der Waals surface area contributed by atoms with Crippen molar-refractivity contribution >= 4 is 12.2 Å². The predicted molar refractivity (Wildman–Crippen MR) is 72.9 cm³/mol. The molecule has 0 unspecified atom stereocenters. The summed E-state index contributed by atoms with van der Waals surface area (Å²) >= 11 is 0. The van der Waals surface area contributed by atoms with Crippen molar-refractivity contribution < 1.29 is 19.1 Å². The summed E-state index contributed by atoms with van der Waals surface area (Å²) in [6.07, 6.45) is 4.90. The molecule has 0 radical (unpaired) electrons. The summed E-state index contributed by atoms with van der Waals surface area (Å²) < 4.78 is 9.79. The zero-order valence-electron chi connectivity index (χ0n) is 12.0. The highest BCUT2D eigenvalue weighted by Gasteiger charge is 2.03. The molecule has 0 aromatic heterocycles. The van der Waals surface area contributed by atoms with Crippen molar-refractivity contribution in [1.29, 1.82) is 0 Å². The summed E-state index contributed by atoms with van der Waals surface area (Å²) in [5.74, 6) is 0. The Labute approximate surface area is 115 Å². The molecule has 112 valence electrons. The molecule has 0 atom stereocenters. The van der Waals surface area contributed by atoms with Crippen LogP contribution in [0.4, 0.5) is 9.59 Å². The monoisotopic (exact) mass is 274 g/mol. The summed E-state index contributed by atoms with van der Waals surface area (Å²) in [6.45, 7) is 4.98. The van der Waals surface area contributed by atoms with Crippen LogP contribution >= 0.6 is 0 Å². The summed E-state index contributed by atoms with van der Waals surface area (Å²) in [5.41, 5.74) is 0. The average molecular weight is 274 g/mol. The zero-order chi connectivity index (χ0) is 14.3. The fraction of sp³-hybridized carbons (Fsp3) is 0.846. The number of hydrogen-bond acceptors (Lipinski definition) is 4. The number of carbonyl (C=O) groups excluding carboxylic acids is 2. The van der Waals surface area contributed by atoms with Gasteiger partial charge in [-0.2, -0.15) is 0 Å². The van der Waals surface area contributed by atoms with Crippen LogP contribution in [0.3, 0.4) is 0 Å². The minimum atomic E-state index is -0.526. The Kier molecular flexibility index (Phi) is 12.0. The van der Waals surface area contributed by atoms with E-state index < -0.39 is 12.2 Å². The van der Waals surface area contributed by atoms with Crippen molar-refractivity contribution in [2.75, 3.05) is 19.9 Å².